The van der Waals surface area contributed by atoms with Crippen LogP contribution in [-0.4, -0.2) is 49.2 Å². The summed E-state index contributed by atoms with van der Waals surface area (Å²) in [5.41, 5.74) is 5.97. The predicted octanol–water partition coefficient (Wildman–Crippen LogP) is 1.41. The normalized spacial score (nSPS) is 28.1. The molecule has 2 heterocycles. The maximum atomic E-state index is 12.7. The van der Waals surface area contributed by atoms with Gasteiger partial charge in [0.25, 0.3) is 10.2 Å². The van der Waals surface area contributed by atoms with Crippen LogP contribution in [0.5, 0.6) is 0 Å². The van der Waals surface area contributed by atoms with Crippen molar-refractivity contribution in [2.75, 3.05) is 26.2 Å². The first-order valence-electron chi connectivity index (χ1n) is 7.74. The van der Waals surface area contributed by atoms with Gasteiger partial charge in [0.2, 0.25) is 0 Å². The van der Waals surface area contributed by atoms with Crippen LogP contribution in [-0.2, 0) is 10.2 Å². The molecule has 0 aliphatic carbocycles. The summed E-state index contributed by atoms with van der Waals surface area (Å²) in [5, 5.41) is 0. The molecule has 0 aromatic carbocycles. The highest BCUT2D eigenvalue weighted by atomic mass is 32.2. The summed E-state index contributed by atoms with van der Waals surface area (Å²) in [5.74, 6) is 0.609. The molecule has 1 atom stereocenters. The molecule has 0 amide bonds. The minimum atomic E-state index is -3.31. The van der Waals surface area contributed by atoms with E-state index >= 15 is 0 Å². The van der Waals surface area contributed by atoms with Crippen LogP contribution in [0.3, 0.4) is 0 Å². The smallest absolute Gasteiger partial charge is 0.282 e. The topological polar surface area (TPSA) is 66.6 Å². The van der Waals surface area contributed by atoms with Crippen molar-refractivity contribution in [3.63, 3.8) is 0 Å². The highest BCUT2D eigenvalue weighted by Gasteiger charge is 2.40. The summed E-state index contributed by atoms with van der Waals surface area (Å²) in [6.07, 6.45) is 3.75. The van der Waals surface area contributed by atoms with Crippen molar-refractivity contribution in [1.29, 1.82) is 0 Å². The molecule has 0 saturated carbocycles. The molecule has 2 N–H and O–H groups in total. The van der Waals surface area contributed by atoms with Crippen LogP contribution >= 0.6 is 0 Å². The zero-order chi connectivity index (χ0) is 15.0. The molecule has 2 fully saturated rings. The zero-order valence-corrected chi connectivity index (χ0v) is 13.8. The number of hydrogen-bond acceptors (Lipinski definition) is 3. The Morgan fingerprint density at radius 2 is 1.70 bits per heavy atom. The molecule has 0 radical (unpaired) electrons. The fraction of sp³-hybridized carbons (Fsp3) is 1.00. The standard InChI is InChI=1S/C14H29N3O2S/c1-14(2,3)12-6-9-16(10-7-12)20(18,19)17-8-4-5-13(17)11-15/h12-13H,4-11,15H2,1-3H3/t13-/m0/s1. The monoisotopic (exact) mass is 303 g/mol. The minimum absolute atomic E-state index is 0.000314. The molecule has 2 saturated heterocycles. The summed E-state index contributed by atoms with van der Waals surface area (Å²) in [4.78, 5) is 0. The number of rotatable bonds is 3. The van der Waals surface area contributed by atoms with Crippen LogP contribution < -0.4 is 5.73 Å². The average Bonchev–Trinajstić information content (AvgIpc) is 2.87. The van der Waals surface area contributed by atoms with Crippen molar-refractivity contribution in [3.8, 4) is 0 Å². The SMILES string of the molecule is CC(C)(C)C1CCN(S(=O)(=O)N2CCC[C@H]2CN)CC1. The van der Waals surface area contributed by atoms with Gasteiger partial charge in [-0.1, -0.05) is 20.8 Å². The van der Waals surface area contributed by atoms with Gasteiger partial charge in [0.15, 0.2) is 0 Å². The summed E-state index contributed by atoms with van der Waals surface area (Å²) in [7, 11) is -3.31. The minimum Gasteiger partial charge on any atom is -0.329 e. The lowest BCUT2D eigenvalue weighted by Gasteiger charge is -2.39. The number of nitrogens with two attached hydrogens (primary N) is 1. The second kappa shape index (κ2) is 5.91. The lowest BCUT2D eigenvalue weighted by Crippen LogP contribution is -2.51. The van der Waals surface area contributed by atoms with E-state index in [-0.39, 0.29) is 11.5 Å². The van der Waals surface area contributed by atoms with Gasteiger partial charge < -0.3 is 5.73 Å². The highest BCUT2D eigenvalue weighted by molar-refractivity contribution is 7.86. The maximum absolute atomic E-state index is 12.7. The third-order valence-corrected chi connectivity index (χ3v) is 6.99. The quantitative estimate of drug-likeness (QED) is 0.857. The molecule has 118 valence electrons. The first kappa shape index (κ1) is 16.2. The molecule has 6 heteroatoms. The van der Waals surface area contributed by atoms with Crippen LogP contribution in [0.2, 0.25) is 0 Å². The average molecular weight is 303 g/mol. The predicted molar refractivity (Wildman–Crippen MR) is 81.5 cm³/mol. The molecule has 2 rings (SSSR count). The van der Waals surface area contributed by atoms with Gasteiger partial charge in [0, 0.05) is 32.2 Å². The molecule has 2 aliphatic heterocycles. The maximum Gasteiger partial charge on any atom is 0.282 e. The van der Waals surface area contributed by atoms with E-state index in [9.17, 15) is 8.42 Å². The molecule has 0 aromatic heterocycles. The third kappa shape index (κ3) is 3.18. The lowest BCUT2D eigenvalue weighted by atomic mass is 9.76. The molecule has 20 heavy (non-hydrogen) atoms. The van der Waals surface area contributed by atoms with E-state index in [2.05, 4.69) is 20.8 Å². The van der Waals surface area contributed by atoms with Crippen LogP contribution in [0, 0.1) is 11.3 Å². The largest absolute Gasteiger partial charge is 0.329 e. The summed E-state index contributed by atoms with van der Waals surface area (Å²) in [6, 6.07) is 0.000314. The summed E-state index contributed by atoms with van der Waals surface area (Å²) < 4.78 is 28.7. The van der Waals surface area contributed by atoms with Crippen molar-refractivity contribution in [2.24, 2.45) is 17.1 Å². The number of hydrogen-bond donors (Lipinski definition) is 1. The fourth-order valence-electron chi connectivity index (χ4n) is 3.45. The Morgan fingerprint density at radius 3 is 2.20 bits per heavy atom. The Hall–Kier alpha value is -0.170. The van der Waals surface area contributed by atoms with Crippen molar-refractivity contribution in [1.82, 2.24) is 8.61 Å². The molecular formula is C14H29N3O2S. The Balaban J connectivity index is 2.02. The van der Waals surface area contributed by atoms with E-state index in [0.29, 0.717) is 32.1 Å². The number of piperidine rings is 1. The molecule has 5 nitrogen and oxygen atoms in total. The molecule has 0 unspecified atom stereocenters. The van der Waals surface area contributed by atoms with Gasteiger partial charge in [-0.2, -0.15) is 17.0 Å². The van der Waals surface area contributed by atoms with E-state index in [1.807, 2.05) is 0 Å². The van der Waals surface area contributed by atoms with E-state index < -0.39 is 10.2 Å². The first-order chi connectivity index (χ1) is 9.26. The van der Waals surface area contributed by atoms with Crippen molar-refractivity contribution in [3.05, 3.63) is 0 Å². The second-order valence-electron chi connectivity index (χ2n) is 7.19. The summed E-state index contributed by atoms with van der Waals surface area (Å²) in [6.45, 7) is 9.09. The van der Waals surface area contributed by atoms with Gasteiger partial charge in [-0.15, -0.1) is 0 Å². The Morgan fingerprint density at radius 1 is 1.10 bits per heavy atom. The van der Waals surface area contributed by atoms with Gasteiger partial charge in [-0.3, -0.25) is 0 Å². The van der Waals surface area contributed by atoms with Crippen LogP contribution in [0.1, 0.15) is 46.5 Å². The van der Waals surface area contributed by atoms with E-state index in [0.717, 1.165) is 25.7 Å². The van der Waals surface area contributed by atoms with Crippen LogP contribution in [0.15, 0.2) is 0 Å². The van der Waals surface area contributed by atoms with Gasteiger partial charge in [-0.25, -0.2) is 0 Å². The van der Waals surface area contributed by atoms with Crippen LogP contribution in [0.4, 0.5) is 0 Å². The van der Waals surface area contributed by atoms with Crippen molar-refractivity contribution >= 4 is 10.2 Å². The van der Waals surface area contributed by atoms with Gasteiger partial charge >= 0.3 is 0 Å². The lowest BCUT2D eigenvalue weighted by molar-refractivity contribution is 0.149. The van der Waals surface area contributed by atoms with Crippen molar-refractivity contribution in [2.45, 2.75) is 52.5 Å². The summed E-state index contributed by atoms with van der Waals surface area (Å²) >= 11 is 0. The molecule has 2 aliphatic rings. The van der Waals surface area contributed by atoms with E-state index in [1.165, 1.54) is 0 Å². The highest BCUT2D eigenvalue weighted by Crippen LogP contribution is 2.35. The molecule has 0 spiro atoms. The number of nitrogens with zero attached hydrogens (tertiary/aromatic N) is 2. The van der Waals surface area contributed by atoms with Gasteiger partial charge in [0.1, 0.15) is 0 Å². The second-order valence-corrected chi connectivity index (χ2v) is 9.07. The Labute approximate surface area is 123 Å². The molecule has 0 bridgehead atoms. The van der Waals surface area contributed by atoms with Gasteiger partial charge in [-0.05, 0) is 37.0 Å². The molecular weight excluding hydrogens is 274 g/mol. The van der Waals surface area contributed by atoms with Gasteiger partial charge in [0.05, 0.1) is 0 Å². The van der Waals surface area contributed by atoms with Crippen molar-refractivity contribution < 1.29 is 8.42 Å². The third-order valence-electron chi connectivity index (χ3n) is 4.90. The van der Waals surface area contributed by atoms with E-state index in [4.69, 9.17) is 5.73 Å². The Bertz CT molecular complexity index is 422. The van der Waals surface area contributed by atoms with Crippen LogP contribution in [0.25, 0.3) is 0 Å². The first-order valence-corrected chi connectivity index (χ1v) is 9.13. The Kier molecular flexibility index (Phi) is 4.79. The molecule has 0 aromatic rings. The van der Waals surface area contributed by atoms with E-state index in [1.54, 1.807) is 8.61 Å². The fourth-order valence-corrected chi connectivity index (χ4v) is 5.35. The zero-order valence-electron chi connectivity index (χ0n) is 13.0.